The van der Waals surface area contributed by atoms with Crippen LogP contribution in [0.3, 0.4) is 0 Å². The number of nitrogens with zero attached hydrogens (tertiary/aromatic N) is 1. The first-order valence-electron chi connectivity index (χ1n) is 4.68. The van der Waals surface area contributed by atoms with Crippen LogP contribution in [0.1, 0.15) is 17.0 Å². The second kappa shape index (κ2) is 3.29. The van der Waals surface area contributed by atoms with Gasteiger partial charge in [0.2, 0.25) is 0 Å². The first-order chi connectivity index (χ1) is 6.68. The molecule has 0 radical (unpaired) electrons. The van der Waals surface area contributed by atoms with Gasteiger partial charge >= 0.3 is 0 Å². The summed E-state index contributed by atoms with van der Waals surface area (Å²) in [5.41, 5.74) is 4.51. The summed E-state index contributed by atoms with van der Waals surface area (Å²) in [4.78, 5) is 0. The third kappa shape index (κ3) is 1.43. The van der Waals surface area contributed by atoms with Gasteiger partial charge in [0.25, 0.3) is 0 Å². The van der Waals surface area contributed by atoms with Crippen LogP contribution in [0.25, 0.3) is 11.1 Å². The minimum Gasteiger partial charge on any atom is -0.361 e. The van der Waals surface area contributed by atoms with E-state index in [0.717, 1.165) is 17.0 Å². The molecule has 0 aliphatic rings. The second-order valence-electron chi connectivity index (χ2n) is 3.57. The molecule has 0 aliphatic carbocycles. The number of rotatable bonds is 1. The van der Waals surface area contributed by atoms with Gasteiger partial charge in [0.05, 0.1) is 5.69 Å². The van der Waals surface area contributed by atoms with E-state index in [0.29, 0.717) is 0 Å². The van der Waals surface area contributed by atoms with Gasteiger partial charge in [-0.3, -0.25) is 0 Å². The van der Waals surface area contributed by atoms with Crippen molar-refractivity contribution in [3.05, 3.63) is 41.3 Å². The van der Waals surface area contributed by atoms with E-state index in [9.17, 15) is 0 Å². The van der Waals surface area contributed by atoms with E-state index in [4.69, 9.17) is 4.52 Å². The second-order valence-corrected chi connectivity index (χ2v) is 3.57. The molecule has 2 aromatic rings. The standard InChI is InChI=1S/C12H13NO/c1-8-5-4-6-11(7-8)12-9(2)13-14-10(12)3/h4-7H,1-3H3. The van der Waals surface area contributed by atoms with Gasteiger partial charge in [-0.25, -0.2) is 0 Å². The third-order valence-electron chi connectivity index (χ3n) is 2.34. The fourth-order valence-corrected chi connectivity index (χ4v) is 1.70. The predicted octanol–water partition coefficient (Wildman–Crippen LogP) is 3.27. The van der Waals surface area contributed by atoms with Gasteiger partial charge in [-0.05, 0) is 26.3 Å². The van der Waals surface area contributed by atoms with Gasteiger partial charge < -0.3 is 4.52 Å². The Labute approximate surface area is 83.5 Å². The van der Waals surface area contributed by atoms with Crippen molar-refractivity contribution in [2.24, 2.45) is 0 Å². The Morgan fingerprint density at radius 1 is 1.14 bits per heavy atom. The molecule has 2 rings (SSSR count). The van der Waals surface area contributed by atoms with E-state index in [-0.39, 0.29) is 0 Å². The van der Waals surface area contributed by atoms with E-state index in [1.165, 1.54) is 11.1 Å². The Morgan fingerprint density at radius 2 is 1.93 bits per heavy atom. The zero-order valence-electron chi connectivity index (χ0n) is 8.66. The van der Waals surface area contributed by atoms with Crippen LogP contribution >= 0.6 is 0 Å². The lowest BCUT2D eigenvalue weighted by molar-refractivity contribution is 0.393. The van der Waals surface area contributed by atoms with Crippen molar-refractivity contribution < 1.29 is 4.52 Å². The first-order valence-corrected chi connectivity index (χ1v) is 4.68. The number of benzene rings is 1. The highest BCUT2D eigenvalue weighted by atomic mass is 16.5. The molecule has 0 saturated carbocycles. The Morgan fingerprint density at radius 3 is 2.50 bits per heavy atom. The fourth-order valence-electron chi connectivity index (χ4n) is 1.70. The SMILES string of the molecule is Cc1cccc(-c2c(C)noc2C)c1. The molecule has 1 aromatic heterocycles. The molecule has 0 spiro atoms. The van der Waals surface area contributed by atoms with Crippen LogP contribution in [0.2, 0.25) is 0 Å². The van der Waals surface area contributed by atoms with Crippen molar-refractivity contribution >= 4 is 0 Å². The van der Waals surface area contributed by atoms with Gasteiger partial charge in [0.15, 0.2) is 0 Å². The monoisotopic (exact) mass is 187 g/mol. The summed E-state index contributed by atoms with van der Waals surface area (Å²) < 4.78 is 5.14. The summed E-state index contributed by atoms with van der Waals surface area (Å²) >= 11 is 0. The Kier molecular flexibility index (Phi) is 2.12. The van der Waals surface area contributed by atoms with Crippen molar-refractivity contribution in [2.75, 3.05) is 0 Å². The molecule has 0 fully saturated rings. The predicted molar refractivity (Wildman–Crippen MR) is 56.2 cm³/mol. The molecule has 0 N–H and O–H groups in total. The molecule has 0 amide bonds. The summed E-state index contributed by atoms with van der Waals surface area (Å²) in [6, 6.07) is 8.37. The van der Waals surface area contributed by atoms with Gasteiger partial charge in [0.1, 0.15) is 5.76 Å². The third-order valence-corrected chi connectivity index (χ3v) is 2.34. The topological polar surface area (TPSA) is 26.0 Å². The summed E-state index contributed by atoms with van der Waals surface area (Å²) in [5, 5.41) is 3.95. The summed E-state index contributed by atoms with van der Waals surface area (Å²) in [6.07, 6.45) is 0. The van der Waals surface area contributed by atoms with Crippen LogP contribution in [0.4, 0.5) is 0 Å². The number of hydrogen-bond acceptors (Lipinski definition) is 2. The quantitative estimate of drug-likeness (QED) is 0.684. The normalized spacial score (nSPS) is 10.5. The zero-order valence-corrected chi connectivity index (χ0v) is 8.66. The summed E-state index contributed by atoms with van der Waals surface area (Å²) in [7, 11) is 0. The van der Waals surface area contributed by atoms with Gasteiger partial charge in [0, 0.05) is 5.56 Å². The largest absolute Gasteiger partial charge is 0.361 e. The molecule has 0 aliphatic heterocycles. The summed E-state index contributed by atoms with van der Waals surface area (Å²) in [5.74, 6) is 0.883. The molecule has 72 valence electrons. The minimum atomic E-state index is 0.883. The lowest BCUT2D eigenvalue weighted by Gasteiger charge is -2.00. The molecule has 1 aromatic carbocycles. The molecular formula is C12H13NO. The fraction of sp³-hybridized carbons (Fsp3) is 0.250. The smallest absolute Gasteiger partial charge is 0.141 e. The number of hydrogen-bond donors (Lipinski definition) is 0. The van der Waals surface area contributed by atoms with Crippen LogP contribution in [0.15, 0.2) is 28.8 Å². The summed E-state index contributed by atoms with van der Waals surface area (Å²) in [6.45, 7) is 5.99. The van der Waals surface area contributed by atoms with Crippen LogP contribution in [-0.2, 0) is 0 Å². The van der Waals surface area contributed by atoms with Gasteiger partial charge in [-0.15, -0.1) is 0 Å². The number of aromatic nitrogens is 1. The molecule has 14 heavy (non-hydrogen) atoms. The average Bonchev–Trinajstić information content (AvgIpc) is 2.46. The van der Waals surface area contributed by atoms with E-state index < -0.39 is 0 Å². The van der Waals surface area contributed by atoms with Crippen LogP contribution in [0, 0.1) is 20.8 Å². The molecule has 2 heteroatoms. The average molecular weight is 187 g/mol. The van der Waals surface area contributed by atoms with Gasteiger partial charge in [-0.2, -0.15) is 0 Å². The molecule has 2 nitrogen and oxygen atoms in total. The van der Waals surface area contributed by atoms with E-state index in [1.807, 2.05) is 13.8 Å². The van der Waals surface area contributed by atoms with Crippen LogP contribution < -0.4 is 0 Å². The van der Waals surface area contributed by atoms with Crippen molar-refractivity contribution in [1.29, 1.82) is 0 Å². The highest BCUT2D eigenvalue weighted by Crippen LogP contribution is 2.26. The Bertz CT molecular complexity index is 438. The minimum absolute atomic E-state index is 0.883. The molecule has 0 atom stereocenters. The highest BCUT2D eigenvalue weighted by Gasteiger charge is 2.10. The van der Waals surface area contributed by atoms with Crippen molar-refractivity contribution in [3.63, 3.8) is 0 Å². The zero-order chi connectivity index (χ0) is 10.1. The van der Waals surface area contributed by atoms with Crippen LogP contribution in [0.5, 0.6) is 0 Å². The van der Waals surface area contributed by atoms with E-state index in [2.05, 4.69) is 36.3 Å². The Hall–Kier alpha value is -1.57. The number of aryl methyl sites for hydroxylation is 3. The first kappa shape index (κ1) is 9.00. The maximum Gasteiger partial charge on any atom is 0.141 e. The molecule has 0 bridgehead atoms. The van der Waals surface area contributed by atoms with Crippen LogP contribution in [-0.4, -0.2) is 5.16 Å². The van der Waals surface area contributed by atoms with Gasteiger partial charge in [-0.1, -0.05) is 35.0 Å². The van der Waals surface area contributed by atoms with Crippen molar-refractivity contribution in [2.45, 2.75) is 20.8 Å². The molecule has 0 saturated heterocycles. The maximum atomic E-state index is 5.14. The van der Waals surface area contributed by atoms with E-state index >= 15 is 0 Å². The van der Waals surface area contributed by atoms with E-state index in [1.54, 1.807) is 0 Å². The van der Waals surface area contributed by atoms with Crippen molar-refractivity contribution in [1.82, 2.24) is 5.16 Å². The molecular weight excluding hydrogens is 174 g/mol. The molecule has 0 unspecified atom stereocenters. The lowest BCUT2D eigenvalue weighted by Crippen LogP contribution is -1.82. The molecule has 1 heterocycles. The Balaban J connectivity index is 2.59. The van der Waals surface area contributed by atoms with Crippen molar-refractivity contribution in [3.8, 4) is 11.1 Å². The lowest BCUT2D eigenvalue weighted by atomic mass is 10.0. The maximum absolute atomic E-state index is 5.14. The highest BCUT2D eigenvalue weighted by molar-refractivity contribution is 5.67.